The zero-order valence-corrected chi connectivity index (χ0v) is 10.1. The summed E-state index contributed by atoms with van der Waals surface area (Å²) in [6.45, 7) is 9.84. The van der Waals surface area contributed by atoms with Gasteiger partial charge in [0.25, 0.3) is 0 Å². The van der Waals surface area contributed by atoms with Crippen LogP contribution < -0.4 is 0 Å². The quantitative estimate of drug-likeness (QED) is 0.565. The molecule has 0 spiro atoms. The Hall–Kier alpha value is -0.220. The van der Waals surface area contributed by atoms with Gasteiger partial charge in [0.05, 0.1) is 19.0 Å². The predicted octanol–water partition coefficient (Wildman–Crippen LogP) is 1.83. The highest BCUT2D eigenvalue weighted by atomic mass is 32.2. The summed E-state index contributed by atoms with van der Waals surface area (Å²) in [6, 6.07) is 0. The molecule has 1 fully saturated rings. The highest BCUT2D eigenvalue weighted by Gasteiger charge is 2.17. The molecular formula is C10H20N2OS. The van der Waals surface area contributed by atoms with Crippen LogP contribution in [0.4, 0.5) is 0 Å². The maximum Gasteiger partial charge on any atom is 0.106 e. The number of morpholine rings is 1. The third-order valence-electron chi connectivity index (χ3n) is 2.03. The van der Waals surface area contributed by atoms with Crippen LogP contribution in [-0.4, -0.2) is 47.5 Å². The summed E-state index contributed by atoms with van der Waals surface area (Å²) in [5.74, 6) is 1.55. The summed E-state index contributed by atoms with van der Waals surface area (Å²) in [5, 5.41) is 7.91. The molecule has 0 aromatic heterocycles. The number of amidine groups is 1. The Morgan fingerprint density at radius 2 is 1.93 bits per heavy atom. The van der Waals surface area contributed by atoms with E-state index >= 15 is 0 Å². The molecule has 1 aliphatic heterocycles. The summed E-state index contributed by atoms with van der Waals surface area (Å²) in [4.78, 5) is 2.11. The molecule has 0 atom stereocenters. The lowest BCUT2D eigenvalue weighted by Crippen LogP contribution is -2.41. The van der Waals surface area contributed by atoms with Crippen LogP contribution in [0.3, 0.4) is 0 Å². The summed E-state index contributed by atoms with van der Waals surface area (Å²) in [6.07, 6.45) is 0. The van der Waals surface area contributed by atoms with Gasteiger partial charge in [-0.25, -0.2) is 0 Å². The van der Waals surface area contributed by atoms with Crippen LogP contribution in [0.5, 0.6) is 0 Å². The van der Waals surface area contributed by atoms with Gasteiger partial charge in [0.15, 0.2) is 0 Å². The fraction of sp³-hybridized carbons (Fsp3) is 0.900. The maximum atomic E-state index is 7.91. The number of rotatable bonds is 2. The lowest BCUT2D eigenvalue weighted by atomic mass is 10.3. The van der Waals surface area contributed by atoms with Crippen LogP contribution in [0, 0.1) is 5.41 Å². The van der Waals surface area contributed by atoms with Crippen molar-refractivity contribution in [3.05, 3.63) is 0 Å². The fourth-order valence-corrected chi connectivity index (χ4v) is 1.96. The molecule has 1 heterocycles. The van der Waals surface area contributed by atoms with Gasteiger partial charge < -0.3 is 9.64 Å². The summed E-state index contributed by atoms with van der Waals surface area (Å²) >= 11 is 1.83. The second-order valence-electron chi connectivity index (χ2n) is 4.45. The minimum Gasteiger partial charge on any atom is -0.378 e. The van der Waals surface area contributed by atoms with Crippen molar-refractivity contribution in [1.82, 2.24) is 4.90 Å². The standard InChI is InChI=1S/C10H20N2OS/c1-10(2,3)14-8-9(11)12-4-6-13-7-5-12/h11H,4-8H2,1-3H3. The van der Waals surface area contributed by atoms with Gasteiger partial charge in [0.1, 0.15) is 5.84 Å². The van der Waals surface area contributed by atoms with E-state index in [4.69, 9.17) is 10.1 Å². The number of hydrogen-bond acceptors (Lipinski definition) is 3. The van der Waals surface area contributed by atoms with E-state index in [1.54, 1.807) is 0 Å². The third kappa shape index (κ3) is 4.33. The average Bonchev–Trinajstić information content (AvgIpc) is 2.14. The molecule has 0 aromatic rings. The lowest BCUT2D eigenvalue weighted by molar-refractivity contribution is 0.0676. The molecule has 0 aliphatic carbocycles. The largest absolute Gasteiger partial charge is 0.378 e. The van der Waals surface area contributed by atoms with Gasteiger partial charge in [-0.1, -0.05) is 20.8 Å². The number of nitrogens with one attached hydrogen (secondary N) is 1. The van der Waals surface area contributed by atoms with E-state index in [0.717, 1.165) is 37.9 Å². The highest BCUT2D eigenvalue weighted by Crippen LogP contribution is 2.23. The molecule has 0 saturated carbocycles. The normalized spacial score (nSPS) is 18.4. The van der Waals surface area contributed by atoms with E-state index in [9.17, 15) is 0 Å². The van der Waals surface area contributed by atoms with Crippen LogP contribution in [0.15, 0.2) is 0 Å². The van der Waals surface area contributed by atoms with Gasteiger partial charge >= 0.3 is 0 Å². The molecule has 82 valence electrons. The first-order valence-corrected chi connectivity index (χ1v) is 6.02. The van der Waals surface area contributed by atoms with E-state index in [1.807, 2.05) is 11.8 Å². The topological polar surface area (TPSA) is 36.3 Å². The van der Waals surface area contributed by atoms with Gasteiger partial charge in [0.2, 0.25) is 0 Å². The summed E-state index contributed by atoms with van der Waals surface area (Å²) in [5.41, 5.74) is 0. The minimum atomic E-state index is 0.249. The molecule has 14 heavy (non-hydrogen) atoms. The first kappa shape index (κ1) is 11.9. The van der Waals surface area contributed by atoms with Crippen molar-refractivity contribution in [2.24, 2.45) is 0 Å². The van der Waals surface area contributed by atoms with Crippen molar-refractivity contribution in [2.45, 2.75) is 25.5 Å². The van der Waals surface area contributed by atoms with E-state index in [-0.39, 0.29) is 4.75 Å². The molecule has 1 N–H and O–H groups in total. The van der Waals surface area contributed by atoms with Crippen LogP contribution in [0.25, 0.3) is 0 Å². The summed E-state index contributed by atoms with van der Waals surface area (Å²) < 4.78 is 5.50. The van der Waals surface area contributed by atoms with Crippen LogP contribution >= 0.6 is 11.8 Å². The highest BCUT2D eigenvalue weighted by molar-refractivity contribution is 8.01. The van der Waals surface area contributed by atoms with Crippen molar-refractivity contribution >= 4 is 17.6 Å². The zero-order chi connectivity index (χ0) is 10.6. The molecule has 0 amide bonds. The van der Waals surface area contributed by atoms with Crippen LogP contribution in [0.2, 0.25) is 0 Å². The van der Waals surface area contributed by atoms with Gasteiger partial charge in [-0.3, -0.25) is 5.41 Å². The van der Waals surface area contributed by atoms with Crippen molar-refractivity contribution < 1.29 is 4.74 Å². The molecule has 1 saturated heterocycles. The fourth-order valence-electron chi connectivity index (χ4n) is 1.21. The second-order valence-corrected chi connectivity index (χ2v) is 6.25. The van der Waals surface area contributed by atoms with Crippen LogP contribution in [-0.2, 0) is 4.74 Å². The average molecular weight is 216 g/mol. The zero-order valence-electron chi connectivity index (χ0n) is 9.30. The van der Waals surface area contributed by atoms with Crippen LogP contribution in [0.1, 0.15) is 20.8 Å². The first-order chi connectivity index (χ1) is 6.49. The molecule has 0 aromatic carbocycles. The molecule has 0 unspecified atom stereocenters. The van der Waals surface area contributed by atoms with Crippen molar-refractivity contribution in [1.29, 1.82) is 5.41 Å². The number of ether oxygens (including phenoxy) is 1. The van der Waals surface area contributed by atoms with Gasteiger partial charge in [0, 0.05) is 17.8 Å². The Bertz CT molecular complexity index is 195. The van der Waals surface area contributed by atoms with E-state index < -0.39 is 0 Å². The minimum absolute atomic E-state index is 0.249. The second kappa shape index (κ2) is 5.03. The summed E-state index contributed by atoms with van der Waals surface area (Å²) in [7, 11) is 0. The molecule has 3 nitrogen and oxygen atoms in total. The van der Waals surface area contributed by atoms with Gasteiger partial charge in [-0.2, -0.15) is 0 Å². The Kier molecular flexibility index (Phi) is 4.26. The predicted molar refractivity (Wildman–Crippen MR) is 62.3 cm³/mol. The maximum absolute atomic E-state index is 7.91. The van der Waals surface area contributed by atoms with Crippen molar-refractivity contribution in [2.75, 3.05) is 32.1 Å². The van der Waals surface area contributed by atoms with Gasteiger partial charge in [-0.15, -0.1) is 11.8 Å². The van der Waals surface area contributed by atoms with E-state index in [2.05, 4.69) is 25.7 Å². The molecule has 0 bridgehead atoms. The van der Waals surface area contributed by atoms with E-state index in [1.165, 1.54) is 0 Å². The first-order valence-electron chi connectivity index (χ1n) is 5.03. The van der Waals surface area contributed by atoms with Gasteiger partial charge in [-0.05, 0) is 0 Å². The SMILES string of the molecule is CC(C)(C)SCC(=N)N1CCOCC1. The molecule has 1 aliphatic rings. The monoisotopic (exact) mass is 216 g/mol. The smallest absolute Gasteiger partial charge is 0.106 e. The Morgan fingerprint density at radius 3 is 2.43 bits per heavy atom. The lowest BCUT2D eigenvalue weighted by Gasteiger charge is -2.30. The molecule has 0 radical (unpaired) electrons. The molecule has 1 rings (SSSR count). The molecular weight excluding hydrogens is 196 g/mol. The van der Waals surface area contributed by atoms with Crippen molar-refractivity contribution in [3.8, 4) is 0 Å². The Labute approximate surface area is 90.7 Å². The number of thioether (sulfide) groups is 1. The third-order valence-corrected chi connectivity index (χ3v) is 3.32. The number of nitrogens with zero attached hydrogens (tertiary/aromatic N) is 1. The molecule has 4 heteroatoms. The Morgan fingerprint density at radius 1 is 1.36 bits per heavy atom. The van der Waals surface area contributed by atoms with Crippen molar-refractivity contribution in [3.63, 3.8) is 0 Å². The number of hydrogen-bond donors (Lipinski definition) is 1. The van der Waals surface area contributed by atoms with E-state index in [0.29, 0.717) is 0 Å². The Balaban J connectivity index is 2.27.